The molecule has 0 heterocycles. The monoisotopic (exact) mass is 249 g/mol. The molecule has 0 aliphatic heterocycles. The SMILES string of the molecule is CC[C@H](C)NC(=O)c1cc(F)c(F)c(F)c1F. The van der Waals surface area contributed by atoms with Gasteiger partial charge in [0.1, 0.15) is 0 Å². The summed E-state index contributed by atoms with van der Waals surface area (Å²) in [4.78, 5) is 11.4. The average Bonchev–Trinajstić information content (AvgIpc) is 2.30. The third kappa shape index (κ3) is 2.75. The fraction of sp³-hybridized carbons (Fsp3) is 0.364. The van der Waals surface area contributed by atoms with Crippen LogP contribution in [0.5, 0.6) is 0 Å². The fourth-order valence-electron chi connectivity index (χ4n) is 1.14. The standard InChI is InChI=1S/C11H11F4NO/c1-3-5(2)16-11(17)6-4-7(12)9(14)10(15)8(6)13/h4-5H,3H2,1-2H3,(H,16,17)/t5-/m0/s1. The first kappa shape index (κ1) is 13.5. The van der Waals surface area contributed by atoms with E-state index in [1.165, 1.54) is 0 Å². The number of nitrogens with one attached hydrogen (secondary N) is 1. The zero-order valence-corrected chi connectivity index (χ0v) is 9.28. The van der Waals surface area contributed by atoms with Crippen molar-refractivity contribution in [1.82, 2.24) is 5.32 Å². The molecule has 17 heavy (non-hydrogen) atoms. The van der Waals surface area contributed by atoms with Gasteiger partial charge in [-0.2, -0.15) is 0 Å². The minimum absolute atomic E-state index is 0.280. The number of carbonyl (C=O) groups excluding carboxylic acids is 1. The fourth-order valence-corrected chi connectivity index (χ4v) is 1.14. The van der Waals surface area contributed by atoms with E-state index in [0.29, 0.717) is 12.5 Å². The first-order valence-electron chi connectivity index (χ1n) is 5.02. The Hall–Kier alpha value is -1.59. The van der Waals surface area contributed by atoms with Crippen molar-refractivity contribution in [2.24, 2.45) is 0 Å². The molecule has 1 aromatic rings. The quantitative estimate of drug-likeness (QED) is 0.498. The van der Waals surface area contributed by atoms with Crippen molar-refractivity contribution < 1.29 is 22.4 Å². The van der Waals surface area contributed by atoms with Gasteiger partial charge in [0.15, 0.2) is 23.3 Å². The summed E-state index contributed by atoms with van der Waals surface area (Å²) in [5, 5.41) is 2.33. The Balaban J connectivity index is 3.11. The van der Waals surface area contributed by atoms with E-state index in [1.807, 2.05) is 0 Å². The van der Waals surface area contributed by atoms with Gasteiger partial charge in [0.05, 0.1) is 5.56 Å². The molecule has 0 saturated heterocycles. The molecular weight excluding hydrogens is 238 g/mol. The minimum Gasteiger partial charge on any atom is -0.350 e. The van der Waals surface area contributed by atoms with E-state index in [9.17, 15) is 22.4 Å². The van der Waals surface area contributed by atoms with Crippen molar-refractivity contribution in [1.29, 1.82) is 0 Å². The van der Waals surface area contributed by atoms with Gasteiger partial charge in [-0.05, 0) is 19.4 Å². The Labute approximate surface area is 95.6 Å². The summed E-state index contributed by atoms with van der Waals surface area (Å²) in [5.74, 6) is -8.18. The summed E-state index contributed by atoms with van der Waals surface area (Å²) in [7, 11) is 0. The molecule has 1 amide bonds. The largest absolute Gasteiger partial charge is 0.350 e. The molecule has 0 bridgehead atoms. The molecule has 0 radical (unpaired) electrons. The maximum Gasteiger partial charge on any atom is 0.254 e. The summed E-state index contributed by atoms with van der Waals surface area (Å²) >= 11 is 0. The topological polar surface area (TPSA) is 29.1 Å². The van der Waals surface area contributed by atoms with E-state index in [1.54, 1.807) is 13.8 Å². The highest BCUT2D eigenvalue weighted by atomic mass is 19.2. The average molecular weight is 249 g/mol. The van der Waals surface area contributed by atoms with Crippen molar-refractivity contribution in [2.45, 2.75) is 26.3 Å². The number of halogens is 4. The van der Waals surface area contributed by atoms with Gasteiger partial charge in [0, 0.05) is 6.04 Å². The molecule has 6 heteroatoms. The number of hydrogen-bond acceptors (Lipinski definition) is 1. The summed E-state index contributed by atoms with van der Waals surface area (Å²) in [6.07, 6.45) is 0.569. The van der Waals surface area contributed by atoms with Crippen LogP contribution in [-0.2, 0) is 0 Å². The number of carbonyl (C=O) groups is 1. The molecule has 0 aliphatic rings. The Morgan fingerprint density at radius 2 is 1.82 bits per heavy atom. The minimum atomic E-state index is -1.99. The molecule has 1 N–H and O–H groups in total. The Kier molecular flexibility index (Phi) is 4.09. The lowest BCUT2D eigenvalue weighted by Crippen LogP contribution is -2.33. The van der Waals surface area contributed by atoms with Gasteiger partial charge >= 0.3 is 0 Å². The summed E-state index contributed by atoms with van der Waals surface area (Å²) < 4.78 is 51.5. The Morgan fingerprint density at radius 1 is 1.24 bits per heavy atom. The first-order chi connectivity index (χ1) is 7.88. The molecule has 0 aliphatic carbocycles. The second kappa shape index (κ2) is 5.16. The van der Waals surface area contributed by atoms with Crippen molar-refractivity contribution in [3.8, 4) is 0 Å². The van der Waals surface area contributed by atoms with Crippen LogP contribution in [0.25, 0.3) is 0 Å². The van der Waals surface area contributed by atoms with Crippen LogP contribution in [0.2, 0.25) is 0 Å². The molecule has 0 aromatic heterocycles. The van der Waals surface area contributed by atoms with Crippen molar-refractivity contribution >= 4 is 5.91 Å². The number of amides is 1. The summed E-state index contributed by atoms with van der Waals surface area (Å²) in [6.45, 7) is 3.42. The third-order valence-electron chi connectivity index (χ3n) is 2.34. The number of hydrogen-bond donors (Lipinski definition) is 1. The second-order valence-electron chi connectivity index (χ2n) is 3.63. The normalized spacial score (nSPS) is 12.4. The van der Waals surface area contributed by atoms with Crippen LogP contribution in [0.15, 0.2) is 6.07 Å². The summed E-state index contributed by atoms with van der Waals surface area (Å²) in [5.41, 5.74) is -0.846. The smallest absolute Gasteiger partial charge is 0.254 e. The van der Waals surface area contributed by atoms with Gasteiger partial charge in [-0.1, -0.05) is 6.92 Å². The maximum atomic E-state index is 13.2. The first-order valence-corrected chi connectivity index (χ1v) is 5.02. The van der Waals surface area contributed by atoms with Crippen LogP contribution in [0, 0.1) is 23.3 Å². The highest BCUT2D eigenvalue weighted by Crippen LogP contribution is 2.18. The molecular formula is C11H11F4NO. The molecule has 2 nitrogen and oxygen atoms in total. The number of rotatable bonds is 3. The van der Waals surface area contributed by atoms with Crippen LogP contribution in [0.1, 0.15) is 30.6 Å². The lowest BCUT2D eigenvalue weighted by Gasteiger charge is -2.12. The van der Waals surface area contributed by atoms with Gasteiger partial charge in [-0.3, -0.25) is 4.79 Å². The van der Waals surface area contributed by atoms with Crippen LogP contribution in [0.3, 0.4) is 0 Å². The molecule has 0 unspecified atom stereocenters. The zero-order valence-electron chi connectivity index (χ0n) is 9.28. The van der Waals surface area contributed by atoms with Gasteiger partial charge in [-0.15, -0.1) is 0 Å². The van der Waals surface area contributed by atoms with Crippen LogP contribution in [0.4, 0.5) is 17.6 Å². The Morgan fingerprint density at radius 3 is 2.35 bits per heavy atom. The molecule has 1 atom stereocenters. The van der Waals surface area contributed by atoms with Crippen molar-refractivity contribution in [3.63, 3.8) is 0 Å². The van der Waals surface area contributed by atoms with Crippen LogP contribution >= 0.6 is 0 Å². The highest BCUT2D eigenvalue weighted by molar-refractivity contribution is 5.94. The van der Waals surface area contributed by atoms with Crippen LogP contribution in [-0.4, -0.2) is 11.9 Å². The van der Waals surface area contributed by atoms with Crippen LogP contribution < -0.4 is 5.32 Å². The number of benzene rings is 1. The van der Waals surface area contributed by atoms with Crippen molar-refractivity contribution in [3.05, 3.63) is 34.9 Å². The summed E-state index contributed by atoms with van der Waals surface area (Å²) in [6, 6.07) is 0.0592. The van der Waals surface area contributed by atoms with E-state index >= 15 is 0 Å². The Bertz CT molecular complexity index is 448. The predicted octanol–water partition coefficient (Wildman–Crippen LogP) is 2.77. The lowest BCUT2D eigenvalue weighted by molar-refractivity contribution is 0.0933. The highest BCUT2D eigenvalue weighted by Gasteiger charge is 2.23. The van der Waals surface area contributed by atoms with E-state index in [2.05, 4.69) is 5.32 Å². The predicted molar refractivity (Wildman–Crippen MR) is 53.5 cm³/mol. The maximum absolute atomic E-state index is 13.2. The van der Waals surface area contributed by atoms with Gasteiger partial charge in [0.25, 0.3) is 5.91 Å². The van der Waals surface area contributed by atoms with Crippen molar-refractivity contribution in [2.75, 3.05) is 0 Å². The van der Waals surface area contributed by atoms with E-state index in [4.69, 9.17) is 0 Å². The van der Waals surface area contributed by atoms with E-state index in [0.717, 1.165) is 0 Å². The molecule has 0 fully saturated rings. The molecule has 0 saturated carbocycles. The van der Waals surface area contributed by atoms with E-state index < -0.39 is 34.7 Å². The molecule has 0 spiro atoms. The molecule has 1 aromatic carbocycles. The van der Waals surface area contributed by atoms with Gasteiger partial charge in [0.2, 0.25) is 0 Å². The van der Waals surface area contributed by atoms with Gasteiger partial charge in [-0.25, -0.2) is 17.6 Å². The van der Waals surface area contributed by atoms with Gasteiger partial charge < -0.3 is 5.32 Å². The third-order valence-corrected chi connectivity index (χ3v) is 2.34. The zero-order chi connectivity index (χ0) is 13.2. The molecule has 1 rings (SSSR count). The van der Waals surface area contributed by atoms with E-state index in [-0.39, 0.29) is 6.04 Å². The second-order valence-corrected chi connectivity index (χ2v) is 3.63. The lowest BCUT2D eigenvalue weighted by atomic mass is 10.1. The molecule has 94 valence electrons.